The number of aromatic nitrogens is 4. The number of unbranched alkanes of at least 4 members (excludes halogenated alkanes) is 3. The van der Waals surface area contributed by atoms with Crippen LogP contribution in [0.2, 0.25) is 0 Å². The van der Waals surface area contributed by atoms with Crippen molar-refractivity contribution in [3.63, 3.8) is 0 Å². The van der Waals surface area contributed by atoms with E-state index in [1.54, 1.807) is 0 Å². The molecule has 4 aliphatic heterocycles. The predicted octanol–water partition coefficient (Wildman–Crippen LogP) is 8.15. The van der Waals surface area contributed by atoms with Crippen molar-refractivity contribution in [2.45, 2.75) is 105 Å². The molecule has 6 heterocycles. The van der Waals surface area contributed by atoms with Crippen LogP contribution in [0.4, 0.5) is 0 Å². The lowest BCUT2D eigenvalue weighted by molar-refractivity contribution is -0.121. The molecule has 0 saturated heterocycles. The van der Waals surface area contributed by atoms with Crippen LogP contribution in [0, 0.1) is 6.92 Å². The predicted molar refractivity (Wildman–Crippen MR) is 207 cm³/mol. The van der Waals surface area contributed by atoms with E-state index in [0.717, 1.165) is 93.9 Å². The van der Waals surface area contributed by atoms with Crippen LogP contribution in [0.15, 0.2) is 30.9 Å². The highest BCUT2D eigenvalue weighted by Gasteiger charge is 2.40. The van der Waals surface area contributed by atoms with Gasteiger partial charge in [-0.05, 0) is 86.9 Å². The Morgan fingerprint density at radius 2 is 1.67 bits per heavy atom. The zero-order valence-corrected chi connectivity index (χ0v) is 31.5. The molecule has 2 aromatic heterocycles. The van der Waals surface area contributed by atoms with Gasteiger partial charge in [0.05, 0.1) is 39.4 Å². The van der Waals surface area contributed by atoms with Gasteiger partial charge in [0.1, 0.15) is 0 Å². The number of aliphatic hydroxyl groups is 1. The standard InChI is InChI=1S/C42H52N6O4/c1-8-11-12-13-18-48-41(51)37-26(7)33-22-35-28(10-3)24(5)31(45-35)21-34-27(9-2)23(4)30(44-34)20-32-25(6)29(15-16-36(50)43-17-14-19-49)39(46-32)38(42(48)52)40(37)47-33/h9,20-22,25,29,46-47,49H,2,8,10-19H2,1,3-7H3,(H,43,50). The average molecular weight is 705 g/mol. The van der Waals surface area contributed by atoms with Crippen molar-refractivity contribution in [1.29, 1.82) is 0 Å². The van der Waals surface area contributed by atoms with E-state index in [-0.39, 0.29) is 42.6 Å². The van der Waals surface area contributed by atoms with Crippen molar-refractivity contribution in [2.24, 2.45) is 0 Å². The maximum Gasteiger partial charge on any atom is 0.264 e. The van der Waals surface area contributed by atoms with Gasteiger partial charge in [-0.25, -0.2) is 9.97 Å². The third kappa shape index (κ3) is 6.64. The number of imide groups is 1. The Morgan fingerprint density at radius 3 is 2.38 bits per heavy atom. The summed E-state index contributed by atoms with van der Waals surface area (Å²) >= 11 is 0. The zero-order valence-electron chi connectivity index (χ0n) is 31.5. The van der Waals surface area contributed by atoms with Gasteiger partial charge >= 0.3 is 0 Å². The minimum atomic E-state index is -0.330. The number of amides is 3. The first kappa shape index (κ1) is 36.9. The van der Waals surface area contributed by atoms with E-state index in [4.69, 9.17) is 9.97 Å². The first-order valence-corrected chi connectivity index (χ1v) is 18.9. The van der Waals surface area contributed by atoms with Crippen LogP contribution in [0.1, 0.15) is 158 Å². The van der Waals surface area contributed by atoms with Crippen molar-refractivity contribution in [3.8, 4) is 0 Å². The summed E-state index contributed by atoms with van der Waals surface area (Å²) in [5.41, 5.74) is 11.9. The number of hydrogen-bond donors (Lipinski definition) is 4. The Labute approximate surface area is 306 Å². The molecule has 52 heavy (non-hydrogen) atoms. The largest absolute Gasteiger partial charge is 0.396 e. The average Bonchev–Trinajstić information content (AvgIpc) is 3.80. The number of carbonyl (C=O) groups excluding carboxylic acids is 3. The summed E-state index contributed by atoms with van der Waals surface area (Å²) in [6.45, 7) is 17.3. The highest BCUT2D eigenvalue weighted by Crippen LogP contribution is 2.44. The van der Waals surface area contributed by atoms with Crippen molar-refractivity contribution >= 4 is 51.0 Å². The fourth-order valence-corrected chi connectivity index (χ4v) is 8.01. The molecule has 2 atom stereocenters. The lowest BCUT2D eigenvalue weighted by Gasteiger charge is -2.27. The molecule has 0 spiro atoms. The summed E-state index contributed by atoms with van der Waals surface area (Å²) in [6, 6.07) is 6.08. The maximum absolute atomic E-state index is 14.7. The van der Waals surface area contributed by atoms with Gasteiger partial charge in [-0.2, -0.15) is 0 Å². The van der Waals surface area contributed by atoms with Gasteiger partial charge in [0.2, 0.25) is 5.91 Å². The molecule has 2 aromatic rings. The van der Waals surface area contributed by atoms with E-state index >= 15 is 0 Å². The summed E-state index contributed by atoms with van der Waals surface area (Å²) in [5, 5.41) is 12.1. The summed E-state index contributed by atoms with van der Waals surface area (Å²) < 4.78 is 0. The topological polar surface area (TPSA) is 144 Å². The molecule has 0 aliphatic carbocycles. The van der Waals surface area contributed by atoms with Crippen LogP contribution < -0.4 is 5.32 Å². The van der Waals surface area contributed by atoms with Crippen molar-refractivity contribution in [3.05, 3.63) is 81.7 Å². The molecule has 0 fully saturated rings. The number of H-pyrrole nitrogens is 2. The Bertz CT molecular complexity index is 2080. The molecule has 2 unspecified atom stereocenters. The number of hydrogen-bond acceptors (Lipinski definition) is 6. The molecule has 274 valence electrons. The highest BCUT2D eigenvalue weighted by atomic mass is 16.3. The Balaban J connectivity index is 1.66. The number of fused-ring (bicyclic) bond motifs is 8. The van der Waals surface area contributed by atoms with E-state index in [1.807, 2.05) is 38.1 Å². The summed E-state index contributed by atoms with van der Waals surface area (Å²) in [5.74, 6) is -1.04. The molecule has 8 bridgehead atoms. The second-order valence-corrected chi connectivity index (χ2v) is 14.4. The zero-order chi connectivity index (χ0) is 37.3. The van der Waals surface area contributed by atoms with Crippen LogP contribution in [-0.2, 0) is 4.79 Å². The summed E-state index contributed by atoms with van der Waals surface area (Å²) in [4.78, 5) is 60.8. The number of aryl methyl sites for hydroxylation is 1. The quantitative estimate of drug-likeness (QED) is 0.122. The van der Waals surface area contributed by atoms with Gasteiger partial charge in [-0.3, -0.25) is 19.3 Å². The second kappa shape index (κ2) is 15.4. The molecule has 4 aliphatic rings. The van der Waals surface area contributed by atoms with Crippen LogP contribution >= 0.6 is 0 Å². The van der Waals surface area contributed by atoms with Crippen LogP contribution in [0.5, 0.6) is 0 Å². The lowest BCUT2D eigenvalue weighted by Crippen LogP contribution is -2.41. The number of carbonyl (C=O) groups is 3. The molecular formula is C42H52N6O4. The Morgan fingerprint density at radius 1 is 0.942 bits per heavy atom. The molecule has 10 heteroatoms. The molecular weight excluding hydrogens is 653 g/mol. The number of allylic oxidation sites excluding steroid dienone is 5. The fourth-order valence-electron chi connectivity index (χ4n) is 8.01. The summed E-state index contributed by atoms with van der Waals surface area (Å²) in [6.07, 6.45) is 7.54. The van der Waals surface area contributed by atoms with Gasteiger partial charge in [0.15, 0.2) is 0 Å². The van der Waals surface area contributed by atoms with E-state index < -0.39 is 0 Å². The molecule has 3 amide bonds. The number of rotatable bonds is 13. The Kier molecular flexibility index (Phi) is 11.0. The number of aromatic amines is 2. The molecule has 4 N–H and O–H groups in total. The highest BCUT2D eigenvalue weighted by molar-refractivity contribution is 6.23. The van der Waals surface area contributed by atoms with Crippen molar-refractivity contribution < 1.29 is 19.5 Å². The number of aliphatic hydroxyl groups excluding tert-OH is 1. The summed E-state index contributed by atoms with van der Waals surface area (Å²) in [7, 11) is 0. The maximum atomic E-state index is 14.7. The first-order valence-electron chi connectivity index (χ1n) is 18.9. The van der Waals surface area contributed by atoms with Crippen molar-refractivity contribution in [1.82, 2.24) is 30.2 Å². The first-order chi connectivity index (χ1) is 25.0. The van der Waals surface area contributed by atoms with Crippen LogP contribution in [0.25, 0.3) is 33.3 Å². The minimum absolute atomic E-state index is 0.00587. The monoisotopic (exact) mass is 704 g/mol. The van der Waals surface area contributed by atoms with E-state index in [2.05, 4.69) is 49.6 Å². The Hall–Kier alpha value is -4.83. The van der Waals surface area contributed by atoms with E-state index in [0.29, 0.717) is 48.3 Å². The molecule has 0 saturated carbocycles. The minimum Gasteiger partial charge on any atom is -0.396 e. The number of nitrogens with one attached hydrogen (secondary N) is 3. The van der Waals surface area contributed by atoms with Gasteiger partial charge < -0.3 is 20.4 Å². The second-order valence-electron chi connectivity index (χ2n) is 14.4. The van der Waals surface area contributed by atoms with Crippen LogP contribution in [0.3, 0.4) is 0 Å². The van der Waals surface area contributed by atoms with Gasteiger partial charge in [-0.15, -0.1) is 0 Å². The number of nitrogens with zero attached hydrogens (tertiary/aromatic N) is 3. The molecule has 0 radical (unpaired) electrons. The molecule has 10 nitrogen and oxygen atoms in total. The third-order valence-electron chi connectivity index (χ3n) is 11.1. The van der Waals surface area contributed by atoms with Gasteiger partial charge in [-0.1, -0.05) is 52.7 Å². The molecule has 0 aromatic carbocycles. The normalized spacial score (nSPS) is 17.6. The van der Waals surface area contributed by atoms with Crippen LogP contribution in [-0.4, -0.2) is 67.4 Å². The third-order valence-corrected chi connectivity index (χ3v) is 11.1. The van der Waals surface area contributed by atoms with Gasteiger partial charge in [0.25, 0.3) is 11.8 Å². The van der Waals surface area contributed by atoms with Crippen molar-refractivity contribution in [2.75, 3.05) is 19.7 Å². The fraction of sp³-hybridized carbons (Fsp3) is 0.452. The van der Waals surface area contributed by atoms with Gasteiger partial charge in [0, 0.05) is 60.4 Å². The SMILES string of the molecule is C=CC1=C(C)c2cc3[nH]c(c4c5[nH]c(cc6nc(cc1n2)C(C)=C6CC)c(C)c5C(=O)N(CCCCCC)C4=O)C(CCC(=O)NCCCO)C3C. The lowest BCUT2D eigenvalue weighted by atomic mass is 9.84. The van der Waals surface area contributed by atoms with E-state index in [9.17, 15) is 19.5 Å². The smallest absolute Gasteiger partial charge is 0.264 e. The molecule has 6 rings (SSSR count). The van der Waals surface area contributed by atoms with E-state index in [1.165, 1.54) is 4.90 Å².